The van der Waals surface area contributed by atoms with Crippen molar-refractivity contribution in [1.29, 1.82) is 0 Å². The van der Waals surface area contributed by atoms with Crippen LogP contribution in [-0.4, -0.2) is 57.0 Å². The van der Waals surface area contributed by atoms with Crippen LogP contribution in [0.3, 0.4) is 0 Å². The third-order valence-corrected chi connectivity index (χ3v) is 5.64. The predicted molar refractivity (Wildman–Crippen MR) is 110 cm³/mol. The molecule has 0 aromatic carbocycles. The van der Waals surface area contributed by atoms with E-state index < -0.39 is 22.0 Å². The van der Waals surface area contributed by atoms with Crippen LogP contribution in [0, 0.1) is 0 Å². The Hall–Kier alpha value is 0.1000. The number of carbonyl (C=O) groups excluding carboxylic acids is 1. The van der Waals surface area contributed by atoms with E-state index in [0.29, 0.717) is 6.61 Å². The standard InChI is InChI=1S/C20H39NO7S.Na/c1-2-3-4-5-6-7-8-9-10-11-13-19-26-16-18(28-19)17-27-20(22)21-14-12-15-29(23,24)25;/h18-19H,2-17H2,1H3,(H,21,22)(H,23,24,25);/q;+1/p-1. The summed E-state index contributed by atoms with van der Waals surface area (Å²) in [7, 11) is -4.25. The van der Waals surface area contributed by atoms with E-state index in [9.17, 15) is 17.8 Å². The Balaban J connectivity index is 0.00000841. The van der Waals surface area contributed by atoms with Crippen LogP contribution >= 0.6 is 0 Å². The molecule has 1 rings (SSSR count). The first-order chi connectivity index (χ1) is 13.9. The van der Waals surface area contributed by atoms with E-state index >= 15 is 0 Å². The van der Waals surface area contributed by atoms with Crippen molar-refractivity contribution in [3.63, 3.8) is 0 Å². The van der Waals surface area contributed by atoms with E-state index in [1.807, 2.05) is 0 Å². The summed E-state index contributed by atoms with van der Waals surface area (Å²) in [5, 5.41) is 2.40. The molecule has 0 radical (unpaired) electrons. The Bertz CT molecular complexity index is 533. The molecule has 2 atom stereocenters. The van der Waals surface area contributed by atoms with Crippen LogP contribution in [-0.2, 0) is 24.3 Å². The van der Waals surface area contributed by atoms with Crippen LogP contribution in [0.25, 0.3) is 0 Å². The Labute approximate surface area is 204 Å². The van der Waals surface area contributed by atoms with E-state index in [1.54, 1.807) is 0 Å². The SMILES string of the molecule is CCCCCCCCCCCCC1OCC(COC(=O)NCCCS(=O)(=O)[O-])O1.[Na+]. The van der Waals surface area contributed by atoms with Crippen molar-refractivity contribution in [2.24, 2.45) is 0 Å². The maximum Gasteiger partial charge on any atom is 1.00 e. The maximum absolute atomic E-state index is 11.5. The van der Waals surface area contributed by atoms with E-state index in [1.165, 1.54) is 57.8 Å². The van der Waals surface area contributed by atoms with Crippen LogP contribution in [0.1, 0.15) is 84.0 Å². The molecule has 1 saturated heterocycles. The molecule has 8 nitrogen and oxygen atoms in total. The van der Waals surface area contributed by atoms with Gasteiger partial charge in [-0.1, -0.05) is 64.7 Å². The van der Waals surface area contributed by atoms with Crippen molar-refractivity contribution in [2.75, 3.05) is 25.5 Å². The molecule has 0 saturated carbocycles. The van der Waals surface area contributed by atoms with Gasteiger partial charge in [-0.2, -0.15) is 0 Å². The fraction of sp³-hybridized carbons (Fsp3) is 0.950. The predicted octanol–water partition coefficient (Wildman–Crippen LogP) is 0.704. The Morgan fingerprint density at radius 3 is 2.23 bits per heavy atom. The first kappa shape index (κ1) is 30.1. The molecule has 1 N–H and O–H groups in total. The molecule has 1 aliphatic rings. The molecule has 0 aliphatic carbocycles. The molecule has 0 aromatic heterocycles. The van der Waals surface area contributed by atoms with Crippen molar-refractivity contribution < 1.29 is 61.5 Å². The van der Waals surface area contributed by atoms with Gasteiger partial charge >= 0.3 is 35.7 Å². The number of amides is 1. The van der Waals surface area contributed by atoms with E-state index in [2.05, 4.69) is 12.2 Å². The first-order valence-electron chi connectivity index (χ1n) is 11.0. The van der Waals surface area contributed by atoms with Crippen molar-refractivity contribution in [1.82, 2.24) is 5.32 Å². The summed E-state index contributed by atoms with van der Waals surface area (Å²) < 4.78 is 47.7. The van der Waals surface area contributed by atoms with Gasteiger partial charge in [-0.05, 0) is 19.3 Å². The van der Waals surface area contributed by atoms with E-state index in [-0.39, 0.29) is 61.5 Å². The molecule has 0 bridgehead atoms. The average Bonchev–Trinajstić information content (AvgIpc) is 3.12. The summed E-state index contributed by atoms with van der Waals surface area (Å²) in [5.41, 5.74) is 0. The third kappa shape index (κ3) is 17.7. The van der Waals surface area contributed by atoms with Gasteiger partial charge in [0.15, 0.2) is 6.29 Å². The third-order valence-electron chi connectivity index (χ3n) is 4.85. The molecule has 1 amide bonds. The number of carbonyl (C=O) groups is 1. The van der Waals surface area contributed by atoms with Gasteiger partial charge in [0.1, 0.15) is 12.7 Å². The zero-order valence-corrected chi connectivity index (χ0v) is 21.6. The summed E-state index contributed by atoms with van der Waals surface area (Å²) in [4.78, 5) is 11.5. The number of unbranched alkanes of at least 4 members (excludes halogenated alkanes) is 9. The molecular formula is C20H38NNaO7S. The molecule has 2 unspecified atom stereocenters. The summed E-state index contributed by atoms with van der Waals surface area (Å²) in [6, 6.07) is 0. The molecule has 1 aliphatic heterocycles. The van der Waals surface area contributed by atoms with Gasteiger partial charge in [-0.15, -0.1) is 0 Å². The smallest absolute Gasteiger partial charge is 0.748 e. The van der Waals surface area contributed by atoms with Gasteiger partial charge in [0, 0.05) is 12.3 Å². The fourth-order valence-electron chi connectivity index (χ4n) is 3.20. The maximum atomic E-state index is 11.5. The molecule has 0 aromatic rings. The average molecular weight is 460 g/mol. The zero-order chi connectivity index (χ0) is 21.4. The first-order valence-corrected chi connectivity index (χ1v) is 12.6. The van der Waals surface area contributed by atoms with Gasteiger partial charge in [-0.3, -0.25) is 0 Å². The molecule has 172 valence electrons. The zero-order valence-electron chi connectivity index (χ0n) is 18.7. The molecular weight excluding hydrogens is 421 g/mol. The van der Waals surface area contributed by atoms with Crippen molar-refractivity contribution in [3.8, 4) is 0 Å². The summed E-state index contributed by atoms with van der Waals surface area (Å²) in [5.74, 6) is -0.506. The molecule has 10 heteroatoms. The number of ether oxygens (including phenoxy) is 3. The Morgan fingerprint density at radius 1 is 1.03 bits per heavy atom. The van der Waals surface area contributed by atoms with Crippen LogP contribution < -0.4 is 34.9 Å². The van der Waals surface area contributed by atoms with Crippen LogP contribution in [0.4, 0.5) is 4.79 Å². The molecule has 0 spiro atoms. The number of nitrogens with one attached hydrogen (secondary N) is 1. The topological polar surface area (TPSA) is 114 Å². The van der Waals surface area contributed by atoms with Gasteiger partial charge in [0.2, 0.25) is 0 Å². The van der Waals surface area contributed by atoms with E-state index in [4.69, 9.17) is 14.2 Å². The number of hydrogen-bond acceptors (Lipinski definition) is 7. The molecule has 30 heavy (non-hydrogen) atoms. The molecule has 1 fully saturated rings. The fourth-order valence-corrected chi connectivity index (χ4v) is 3.70. The monoisotopic (exact) mass is 459 g/mol. The van der Waals surface area contributed by atoms with Crippen molar-refractivity contribution in [3.05, 3.63) is 0 Å². The van der Waals surface area contributed by atoms with Gasteiger partial charge < -0.3 is 24.1 Å². The van der Waals surface area contributed by atoms with Crippen LogP contribution in [0.2, 0.25) is 0 Å². The molecule has 1 heterocycles. The van der Waals surface area contributed by atoms with Crippen molar-refractivity contribution in [2.45, 2.75) is 96.4 Å². The van der Waals surface area contributed by atoms with Crippen molar-refractivity contribution >= 4 is 16.2 Å². The second kappa shape index (κ2) is 18.7. The van der Waals surface area contributed by atoms with Crippen LogP contribution in [0.15, 0.2) is 0 Å². The summed E-state index contributed by atoms with van der Waals surface area (Å²) >= 11 is 0. The number of rotatable bonds is 17. The Morgan fingerprint density at radius 2 is 1.63 bits per heavy atom. The quantitative estimate of drug-likeness (QED) is 0.193. The normalized spacial score (nSPS) is 18.7. The second-order valence-corrected chi connectivity index (χ2v) is 9.16. The summed E-state index contributed by atoms with van der Waals surface area (Å²) in [6.45, 7) is 2.79. The largest absolute Gasteiger partial charge is 1.00 e. The second-order valence-electron chi connectivity index (χ2n) is 7.63. The van der Waals surface area contributed by atoms with E-state index in [0.717, 1.165) is 12.8 Å². The minimum absolute atomic E-state index is 0. The number of hydrogen-bond donors (Lipinski definition) is 1. The van der Waals surface area contributed by atoms with Gasteiger partial charge in [0.05, 0.1) is 16.7 Å². The minimum atomic E-state index is -4.25. The minimum Gasteiger partial charge on any atom is -0.748 e. The van der Waals surface area contributed by atoms with Gasteiger partial charge in [-0.25, -0.2) is 13.2 Å². The number of alkyl carbamates (subject to hydrolysis) is 1. The Kier molecular flexibility index (Phi) is 18.7. The van der Waals surface area contributed by atoms with Gasteiger partial charge in [0.25, 0.3) is 0 Å². The summed E-state index contributed by atoms with van der Waals surface area (Å²) in [6.07, 6.45) is 12.6. The van der Waals surface area contributed by atoms with Crippen LogP contribution in [0.5, 0.6) is 0 Å².